The Labute approximate surface area is 170 Å². The molecule has 0 spiro atoms. The van der Waals surface area contributed by atoms with Gasteiger partial charge in [-0.3, -0.25) is 4.79 Å². The highest BCUT2D eigenvalue weighted by Crippen LogP contribution is 2.40. The van der Waals surface area contributed by atoms with Gasteiger partial charge < -0.3 is 14.8 Å². The van der Waals surface area contributed by atoms with E-state index in [0.717, 1.165) is 38.5 Å². The average molecular weight is 416 g/mol. The number of benzene rings is 1. The van der Waals surface area contributed by atoms with E-state index < -0.39 is 11.6 Å². The maximum Gasteiger partial charge on any atom is 0.513 e. The molecule has 0 aliphatic heterocycles. The predicted octanol–water partition coefficient (Wildman–Crippen LogP) is 6.46. The van der Waals surface area contributed by atoms with Crippen LogP contribution in [-0.4, -0.2) is 18.7 Å². The van der Waals surface area contributed by atoms with Gasteiger partial charge in [0.1, 0.15) is 5.02 Å². The monoisotopic (exact) mass is 415 g/mol. The van der Waals surface area contributed by atoms with Crippen LogP contribution in [0.1, 0.15) is 59.3 Å². The second-order valence-electron chi connectivity index (χ2n) is 7.49. The maximum absolute atomic E-state index is 12.7. The quantitative estimate of drug-likeness (QED) is 0.427. The van der Waals surface area contributed by atoms with Crippen molar-refractivity contribution in [3.05, 3.63) is 22.2 Å². The van der Waals surface area contributed by atoms with E-state index in [9.17, 15) is 9.59 Å². The first-order valence-corrected chi connectivity index (χ1v) is 10.2. The minimum atomic E-state index is -0.834. The van der Waals surface area contributed by atoms with Gasteiger partial charge in [0.05, 0.1) is 17.3 Å². The minimum absolute atomic E-state index is 0.0590. The van der Waals surface area contributed by atoms with Crippen LogP contribution in [0, 0.1) is 11.3 Å². The van der Waals surface area contributed by atoms with Crippen molar-refractivity contribution in [2.75, 3.05) is 11.9 Å². The van der Waals surface area contributed by atoms with E-state index in [1.54, 1.807) is 6.07 Å². The third-order valence-electron chi connectivity index (χ3n) is 5.18. The van der Waals surface area contributed by atoms with Crippen LogP contribution in [0.25, 0.3) is 0 Å². The summed E-state index contributed by atoms with van der Waals surface area (Å²) in [6.07, 6.45) is 5.02. The summed E-state index contributed by atoms with van der Waals surface area (Å²) in [4.78, 5) is 24.5. The van der Waals surface area contributed by atoms with Crippen LogP contribution in [0.15, 0.2) is 12.1 Å². The number of hydrogen-bond donors (Lipinski definition) is 1. The molecule has 1 fully saturated rings. The van der Waals surface area contributed by atoms with Crippen molar-refractivity contribution in [2.45, 2.75) is 59.3 Å². The van der Waals surface area contributed by atoms with E-state index in [1.165, 1.54) is 6.07 Å². The van der Waals surface area contributed by atoms with Crippen LogP contribution in [0.5, 0.6) is 5.75 Å². The number of rotatable bonds is 6. The molecule has 5 nitrogen and oxygen atoms in total. The maximum atomic E-state index is 12.7. The fourth-order valence-corrected chi connectivity index (χ4v) is 3.39. The van der Waals surface area contributed by atoms with E-state index >= 15 is 0 Å². The van der Waals surface area contributed by atoms with Crippen molar-refractivity contribution < 1.29 is 19.1 Å². The van der Waals surface area contributed by atoms with Crippen molar-refractivity contribution in [2.24, 2.45) is 11.3 Å². The number of carbonyl (C=O) groups excluding carboxylic acids is 2. The minimum Gasteiger partial charge on any atom is -0.434 e. The molecule has 0 saturated heterocycles. The van der Waals surface area contributed by atoms with E-state index in [4.69, 9.17) is 32.7 Å². The lowest BCUT2D eigenvalue weighted by Gasteiger charge is -2.32. The summed E-state index contributed by atoms with van der Waals surface area (Å²) in [7, 11) is 0. The van der Waals surface area contributed by atoms with Gasteiger partial charge in [-0.2, -0.15) is 0 Å². The molecule has 1 saturated carbocycles. The van der Waals surface area contributed by atoms with Crippen LogP contribution in [0.2, 0.25) is 10.0 Å². The van der Waals surface area contributed by atoms with Crippen molar-refractivity contribution in [3.63, 3.8) is 0 Å². The highest BCUT2D eigenvalue weighted by atomic mass is 35.5. The zero-order chi connectivity index (χ0) is 20.0. The van der Waals surface area contributed by atoms with Crippen molar-refractivity contribution in [1.29, 1.82) is 0 Å². The van der Waals surface area contributed by atoms with E-state index in [-0.39, 0.29) is 34.2 Å². The molecule has 1 atom stereocenters. The number of ether oxygens (including phenoxy) is 2. The number of hydrogen-bond acceptors (Lipinski definition) is 4. The molecule has 1 aromatic carbocycles. The first-order valence-electron chi connectivity index (χ1n) is 9.41. The van der Waals surface area contributed by atoms with Crippen molar-refractivity contribution in [1.82, 2.24) is 0 Å². The molecule has 1 N–H and O–H groups in total. The summed E-state index contributed by atoms with van der Waals surface area (Å²) < 4.78 is 10.2. The van der Waals surface area contributed by atoms with Crippen molar-refractivity contribution in [3.8, 4) is 5.75 Å². The number of carbonyl (C=O) groups is 2. The Morgan fingerprint density at radius 2 is 1.85 bits per heavy atom. The molecule has 27 heavy (non-hydrogen) atoms. The standard InChI is InChI=1S/C20H27Cl2NO4/c1-4-13(2)12-26-19(25)27-15-9-8-14(16(21)17(15)22)23-18(24)20(3)10-6-5-7-11-20/h8-9,13H,4-7,10-12H2,1-3H3,(H,23,24). The molecule has 150 valence electrons. The van der Waals surface area contributed by atoms with E-state index in [2.05, 4.69) is 5.32 Å². The molecule has 2 rings (SSSR count). The number of amides is 1. The van der Waals surface area contributed by atoms with Gasteiger partial charge in [-0.1, -0.05) is 69.7 Å². The molecule has 7 heteroatoms. The van der Waals surface area contributed by atoms with Gasteiger partial charge >= 0.3 is 6.16 Å². The summed E-state index contributed by atoms with van der Waals surface area (Å²) >= 11 is 12.5. The Morgan fingerprint density at radius 1 is 1.19 bits per heavy atom. The Hall–Kier alpha value is -1.46. The lowest BCUT2D eigenvalue weighted by atomic mass is 9.75. The molecule has 0 aromatic heterocycles. The van der Waals surface area contributed by atoms with Crippen LogP contribution in [0.4, 0.5) is 10.5 Å². The summed E-state index contributed by atoms with van der Waals surface area (Å²) in [6, 6.07) is 3.08. The largest absolute Gasteiger partial charge is 0.513 e. The van der Waals surface area contributed by atoms with Gasteiger partial charge in [0.15, 0.2) is 5.75 Å². The molecule has 0 heterocycles. The zero-order valence-corrected chi connectivity index (χ0v) is 17.6. The molecule has 1 aromatic rings. The van der Waals surface area contributed by atoms with Crippen LogP contribution < -0.4 is 10.1 Å². The van der Waals surface area contributed by atoms with Gasteiger partial charge in [0.2, 0.25) is 5.91 Å². The summed E-state index contributed by atoms with van der Waals surface area (Å²) in [6.45, 7) is 6.23. The first-order chi connectivity index (χ1) is 12.8. The normalized spacial score (nSPS) is 17.1. The number of nitrogens with one attached hydrogen (secondary N) is 1. The molecular weight excluding hydrogens is 389 g/mol. The molecule has 1 aliphatic rings. The fraction of sp³-hybridized carbons (Fsp3) is 0.600. The van der Waals surface area contributed by atoms with E-state index in [1.807, 2.05) is 20.8 Å². The third kappa shape index (κ3) is 5.76. The highest BCUT2D eigenvalue weighted by Gasteiger charge is 2.35. The van der Waals surface area contributed by atoms with Gasteiger partial charge in [-0.05, 0) is 30.9 Å². The molecule has 1 unspecified atom stereocenters. The third-order valence-corrected chi connectivity index (χ3v) is 6.04. The van der Waals surface area contributed by atoms with Crippen molar-refractivity contribution >= 4 is 41.0 Å². The van der Waals surface area contributed by atoms with Gasteiger partial charge in [0, 0.05) is 5.41 Å². The summed E-state index contributed by atoms with van der Waals surface area (Å²) in [5.41, 5.74) is 0.00186. The number of halogens is 2. The Morgan fingerprint density at radius 3 is 2.48 bits per heavy atom. The molecule has 0 radical (unpaired) electrons. The molecule has 1 aliphatic carbocycles. The van der Waals surface area contributed by atoms with Gasteiger partial charge in [-0.25, -0.2) is 4.79 Å². The second kappa shape index (κ2) is 9.65. The highest BCUT2D eigenvalue weighted by molar-refractivity contribution is 6.45. The predicted molar refractivity (Wildman–Crippen MR) is 108 cm³/mol. The topological polar surface area (TPSA) is 64.6 Å². The van der Waals surface area contributed by atoms with Gasteiger partial charge in [0.25, 0.3) is 0 Å². The van der Waals surface area contributed by atoms with Gasteiger partial charge in [-0.15, -0.1) is 0 Å². The van der Waals surface area contributed by atoms with Crippen LogP contribution >= 0.6 is 23.2 Å². The average Bonchev–Trinajstić information content (AvgIpc) is 2.66. The fourth-order valence-electron chi connectivity index (χ4n) is 2.99. The van der Waals surface area contributed by atoms with Crippen LogP contribution in [-0.2, 0) is 9.53 Å². The zero-order valence-electron chi connectivity index (χ0n) is 16.1. The lowest BCUT2D eigenvalue weighted by molar-refractivity contribution is -0.126. The first kappa shape index (κ1) is 21.8. The Kier molecular flexibility index (Phi) is 7.80. The molecular formula is C20H27Cl2NO4. The second-order valence-corrected chi connectivity index (χ2v) is 8.25. The molecule has 0 bridgehead atoms. The summed E-state index contributed by atoms with van der Waals surface area (Å²) in [5.74, 6) is 0.273. The molecule has 1 amide bonds. The van der Waals surface area contributed by atoms with E-state index in [0.29, 0.717) is 5.69 Å². The Bertz CT molecular complexity index is 687. The SMILES string of the molecule is CCC(C)COC(=O)Oc1ccc(NC(=O)C2(C)CCCCC2)c(Cl)c1Cl. The summed E-state index contributed by atoms with van der Waals surface area (Å²) in [5, 5.41) is 3.06. The lowest BCUT2D eigenvalue weighted by Crippen LogP contribution is -2.35. The smallest absolute Gasteiger partial charge is 0.434 e. The number of anilines is 1. The van der Waals surface area contributed by atoms with Crippen LogP contribution in [0.3, 0.4) is 0 Å². The Balaban J connectivity index is 2.03.